The van der Waals surface area contributed by atoms with Gasteiger partial charge in [0.25, 0.3) is 0 Å². The lowest BCUT2D eigenvalue weighted by Gasteiger charge is -2.23. The van der Waals surface area contributed by atoms with Crippen molar-refractivity contribution in [3.05, 3.63) is 53.6 Å². The molecule has 3 rings (SSSR count). The van der Waals surface area contributed by atoms with Crippen molar-refractivity contribution in [2.24, 2.45) is 4.99 Å². The minimum Gasteiger partial charge on any atom is -0.846 e. The first kappa shape index (κ1) is 15.4. The van der Waals surface area contributed by atoms with Crippen LogP contribution in [0, 0.1) is 0 Å². The lowest BCUT2D eigenvalue weighted by Crippen LogP contribution is -2.27. The Kier molecular flexibility index (Phi) is 4.48. The zero-order valence-electron chi connectivity index (χ0n) is 13.0. The van der Waals surface area contributed by atoms with E-state index in [1.807, 2.05) is 24.3 Å². The molecule has 0 aliphatic heterocycles. The summed E-state index contributed by atoms with van der Waals surface area (Å²) in [7, 11) is 1.58. The number of aryl methyl sites for hydroxylation is 1. The summed E-state index contributed by atoms with van der Waals surface area (Å²) >= 11 is 0. The molecule has 0 radical (unpaired) electrons. The number of amidine groups is 1. The largest absolute Gasteiger partial charge is 0.846 e. The minimum atomic E-state index is -0.438. The highest BCUT2D eigenvalue weighted by atomic mass is 16.5. The fourth-order valence-corrected chi connectivity index (χ4v) is 2.82. The molecule has 0 aromatic heterocycles. The van der Waals surface area contributed by atoms with Crippen LogP contribution in [-0.2, 0) is 12.8 Å². The van der Waals surface area contributed by atoms with Crippen molar-refractivity contribution in [2.75, 3.05) is 12.4 Å². The van der Waals surface area contributed by atoms with Crippen LogP contribution in [0.5, 0.6) is 5.75 Å². The molecule has 2 N–H and O–H groups in total. The molecule has 1 unspecified atom stereocenters. The number of hydrogen-bond acceptors (Lipinski definition) is 4. The van der Waals surface area contributed by atoms with E-state index < -0.39 is 6.02 Å². The topological polar surface area (TPSA) is 76.9 Å². The van der Waals surface area contributed by atoms with Gasteiger partial charge in [0.05, 0.1) is 24.9 Å². The van der Waals surface area contributed by atoms with Gasteiger partial charge in [0.1, 0.15) is 5.75 Å². The molecular formula is C18H19N2O3-. The highest BCUT2D eigenvalue weighted by molar-refractivity contribution is 5.88. The second-order valence-corrected chi connectivity index (χ2v) is 5.59. The first-order valence-corrected chi connectivity index (χ1v) is 7.61. The van der Waals surface area contributed by atoms with E-state index in [2.05, 4.69) is 10.3 Å². The van der Waals surface area contributed by atoms with Gasteiger partial charge in [0, 0.05) is 18.2 Å². The van der Waals surface area contributed by atoms with Crippen LogP contribution in [0.25, 0.3) is 0 Å². The molecule has 1 aliphatic carbocycles. The van der Waals surface area contributed by atoms with Crippen LogP contribution in [0.4, 0.5) is 11.4 Å². The monoisotopic (exact) mass is 311 g/mol. The van der Waals surface area contributed by atoms with Gasteiger partial charge in [-0.1, -0.05) is 18.2 Å². The third-order valence-corrected chi connectivity index (χ3v) is 3.98. The predicted octanol–water partition coefficient (Wildman–Crippen LogP) is 2.00. The molecule has 1 atom stereocenters. The van der Waals surface area contributed by atoms with Gasteiger partial charge in [-0.05, 0) is 42.2 Å². The maximum Gasteiger partial charge on any atom is 0.120 e. The summed E-state index contributed by atoms with van der Waals surface area (Å²) in [5.41, 5.74) is 3.38. The van der Waals surface area contributed by atoms with Crippen molar-refractivity contribution >= 4 is 17.4 Å². The van der Waals surface area contributed by atoms with Crippen LogP contribution in [0.15, 0.2) is 47.5 Å². The van der Waals surface area contributed by atoms with Crippen LogP contribution >= 0.6 is 0 Å². The Hall–Kier alpha value is -2.53. The molecule has 2 aromatic carbocycles. The molecule has 0 heterocycles. The van der Waals surface area contributed by atoms with Gasteiger partial charge in [-0.25, -0.2) is 4.99 Å². The Morgan fingerprint density at radius 2 is 2.13 bits per heavy atom. The lowest BCUT2D eigenvalue weighted by atomic mass is 9.89. The second-order valence-electron chi connectivity index (χ2n) is 5.59. The normalized spacial score (nSPS) is 17.5. The fourth-order valence-electron chi connectivity index (χ4n) is 2.82. The van der Waals surface area contributed by atoms with Gasteiger partial charge in [-0.2, -0.15) is 0 Å². The minimum absolute atomic E-state index is 0.361. The Balaban J connectivity index is 1.83. The predicted molar refractivity (Wildman–Crippen MR) is 88.2 cm³/mol. The highest BCUT2D eigenvalue weighted by Crippen LogP contribution is 2.30. The summed E-state index contributed by atoms with van der Waals surface area (Å²) in [6, 6.07) is 12.4. The number of ether oxygens (including phenoxy) is 1. The van der Waals surface area contributed by atoms with Crippen LogP contribution < -0.4 is 15.2 Å². The summed E-state index contributed by atoms with van der Waals surface area (Å²) in [6.07, 6.45) is 1.76. The van der Waals surface area contributed by atoms with Crippen molar-refractivity contribution < 1.29 is 14.9 Å². The molecule has 23 heavy (non-hydrogen) atoms. The summed E-state index contributed by atoms with van der Waals surface area (Å²) in [6.45, 7) is 0. The third-order valence-electron chi connectivity index (χ3n) is 3.98. The van der Waals surface area contributed by atoms with Crippen molar-refractivity contribution in [3.8, 4) is 5.75 Å². The van der Waals surface area contributed by atoms with Gasteiger partial charge in [0.15, 0.2) is 0 Å². The fraction of sp³-hybridized carbons (Fsp3) is 0.278. The third kappa shape index (κ3) is 3.63. The van der Waals surface area contributed by atoms with Crippen molar-refractivity contribution in [3.63, 3.8) is 0 Å². The number of aliphatic hydroxyl groups excluding tert-OH is 1. The number of aliphatic imine (C=N–C) groups is 1. The Morgan fingerprint density at radius 3 is 2.96 bits per heavy atom. The van der Waals surface area contributed by atoms with Crippen LogP contribution in [0.2, 0.25) is 0 Å². The molecule has 120 valence electrons. The van der Waals surface area contributed by atoms with Crippen molar-refractivity contribution in [1.29, 1.82) is 0 Å². The molecule has 0 fully saturated rings. The van der Waals surface area contributed by atoms with Gasteiger partial charge < -0.3 is 20.3 Å². The van der Waals surface area contributed by atoms with E-state index in [1.54, 1.807) is 25.3 Å². The molecule has 0 spiro atoms. The van der Waals surface area contributed by atoms with E-state index >= 15 is 0 Å². The average molecular weight is 311 g/mol. The van der Waals surface area contributed by atoms with E-state index in [0.717, 1.165) is 24.0 Å². The van der Waals surface area contributed by atoms with E-state index in [4.69, 9.17) is 4.74 Å². The average Bonchev–Trinajstić information content (AvgIpc) is 2.55. The van der Waals surface area contributed by atoms with E-state index in [1.165, 1.54) is 0 Å². The number of benzene rings is 2. The SMILES string of the molecule is COc1cccc(NC([O-])=Nc2cccc3c2CC(O)CC3)c1. The maximum atomic E-state index is 12.2. The van der Waals surface area contributed by atoms with E-state index in [-0.39, 0.29) is 6.10 Å². The van der Waals surface area contributed by atoms with Gasteiger partial charge in [0.2, 0.25) is 0 Å². The number of nitrogens with zero attached hydrogens (tertiary/aromatic N) is 1. The van der Waals surface area contributed by atoms with Crippen LogP contribution in [-0.4, -0.2) is 24.3 Å². The number of nitrogens with one attached hydrogen (secondary N) is 1. The molecular weight excluding hydrogens is 292 g/mol. The van der Waals surface area contributed by atoms with E-state index in [0.29, 0.717) is 23.5 Å². The summed E-state index contributed by atoms with van der Waals surface area (Å²) in [4.78, 5) is 4.16. The van der Waals surface area contributed by atoms with Gasteiger partial charge in [-0.3, -0.25) is 0 Å². The summed E-state index contributed by atoms with van der Waals surface area (Å²) in [5.74, 6) is 0.669. The van der Waals surface area contributed by atoms with Crippen LogP contribution in [0.3, 0.4) is 0 Å². The quantitative estimate of drug-likeness (QED) is 0.671. The number of rotatable bonds is 3. The van der Waals surface area contributed by atoms with Gasteiger partial charge in [-0.15, -0.1) is 0 Å². The standard InChI is InChI=1S/C18H20N2O3/c1-23-15-6-3-5-13(10-15)19-18(22)20-17-7-2-4-12-8-9-14(21)11-16(12)17/h2-7,10,14,21H,8-9,11H2,1H3,(H2,19,20,22)/p-1. The number of fused-ring (bicyclic) bond motifs is 1. The molecule has 2 aromatic rings. The molecule has 0 bridgehead atoms. The number of hydrogen-bond donors (Lipinski definition) is 2. The van der Waals surface area contributed by atoms with Crippen molar-refractivity contribution in [2.45, 2.75) is 25.4 Å². The number of methoxy groups -OCH3 is 1. The van der Waals surface area contributed by atoms with E-state index in [9.17, 15) is 10.2 Å². The zero-order chi connectivity index (χ0) is 16.2. The Bertz CT molecular complexity index is 728. The zero-order valence-corrected chi connectivity index (χ0v) is 13.0. The number of anilines is 1. The Labute approximate surface area is 135 Å². The maximum absolute atomic E-state index is 12.2. The van der Waals surface area contributed by atoms with Crippen LogP contribution in [0.1, 0.15) is 17.5 Å². The molecule has 5 heteroatoms. The van der Waals surface area contributed by atoms with Crippen molar-refractivity contribution in [1.82, 2.24) is 0 Å². The highest BCUT2D eigenvalue weighted by Gasteiger charge is 2.18. The smallest absolute Gasteiger partial charge is 0.120 e. The summed E-state index contributed by atoms with van der Waals surface area (Å²) < 4.78 is 5.13. The first-order chi connectivity index (χ1) is 11.2. The van der Waals surface area contributed by atoms with Gasteiger partial charge >= 0.3 is 0 Å². The second kappa shape index (κ2) is 6.71. The molecule has 0 saturated carbocycles. The first-order valence-electron chi connectivity index (χ1n) is 7.61. The molecule has 1 aliphatic rings. The number of aliphatic hydroxyl groups is 1. The summed E-state index contributed by atoms with van der Waals surface area (Å²) in [5, 5.41) is 24.8. The molecule has 5 nitrogen and oxygen atoms in total. The Morgan fingerprint density at radius 1 is 1.30 bits per heavy atom. The lowest BCUT2D eigenvalue weighted by molar-refractivity contribution is -0.214. The molecule has 0 saturated heterocycles. The molecule has 0 amide bonds.